The molecule has 1 aromatic carbocycles. The molecule has 5 heteroatoms. The standard InChI is InChI=1S/C9H12O3S2/c1-12-8-2-4-9(5-3-8)14(10,11)7-6-13/h2-5,13H,6-7H2,1H3. The number of methoxy groups -OCH3 is 1. The lowest BCUT2D eigenvalue weighted by Gasteiger charge is -2.03. The predicted octanol–water partition coefficient (Wildman–Crippen LogP) is 1.40. The molecule has 1 rings (SSSR count). The van der Waals surface area contributed by atoms with Crippen LogP contribution in [-0.4, -0.2) is 27.0 Å². The maximum Gasteiger partial charge on any atom is 0.179 e. The Morgan fingerprint density at radius 2 is 1.86 bits per heavy atom. The second kappa shape index (κ2) is 4.70. The highest BCUT2D eigenvalue weighted by molar-refractivity contribution is 7.92. The van der Waals surface area contributed by atoms with Crippen LogP contribution in [0.4, 0.5) is 0 Å². The van der Waals surface area contributed by atoms with E-state index in [-0.39, 0.29) is 5.75 Å². The number of sulfone groups is 1. The molecule has 78 valence electrons. The Labute approximate surface area is 89.4 Å². The van der Waals surface area contributed by atoms with Crippen molar-refractivity contribution in [2.24, 2.45) is 0 Å². The molecular formula is C9H12O3S2. The van der Waals surface area contributed by atoms with Crippen LogP contribution in [-0.2, 0) is 9.84 Å². The van der Waals surface area contributed by atoms with Crippen LogP contribution in [0.5, 0.6) is 5.75 Å². The molecule has 0 unspecified atom stereocenters. The summed E-state index contributed by atoms with van der Waals surface area (Å²) < 4.78 is 28.0. The Bertz CT molecular complexity index is 381. The first-order chi connectivity index (χ1) is 6.60. The van der Waals surface area contributed by atoms with Gasteiger partial charge >= 0.3 is 0 Å². The molecule has 1 aromatic rings. The van der Waals surface area contributed by atoms with Gasteiger partial charge in [0, 0.05) is 5.75 Å². The molecule has 0 saturated carbocycles. The highest BCUT2D eigenvalue weighted by Crippen LogP contribution is 2.16. The summed E-state index contributed by atoms with van der Waals surface area (Å²) in [6.07, 6.45) is 0. The fraction of sp³-hybridized carbons (Fsp3) is 0.333. The lowest BCUT2D eigenvalue weighted by Crippen LogP contribution is -2.07. The number of ether oxygens (including phenoxy) is 1. The third-order valence-corrected chi connectivity index (χ3v) is 4.04. The van der Waals surface area contributed by atoms with E-state index in [1.807, 2.05) is 0 Å². The molecule has 3 nitrogen and oxygen atoms in total. The fourth-order valence-electron chi connectivity index (χ4n) is 1.02. The lowest BCUT2D eigenvalue weighted by atomic mass is 10.3. The van der Waals surface area contributed by atoms with Gasteiger partial charge in [0.25, 0.3) is 0 Å². The van der Waals surface area contributed by atoms with Gasteiger partial charge in [0.1, 0.15) is 5.75 Å². The van der Waals surface area contributed by atoms with Gasteiger partial charge < -0.3 is 4.74 Å². The zero-order valence-electron chi connectivity index (χ0n) is 7.80. The molecule has 0 spiro atoms. The van der Waals surface area contributed by atoms with Gasteiger partial charge in [0.05, 0.1) is 17.8 Å². The fourth-order valence-corrected chi connectivity index (χ4v) is 2.77. The quantitative estimate of drug-likeness (QED) is 0.798. The van der Waals surface area contributed by atoms with Gasteiger partial charge in [0.2, 0.25) is 0 Å². The number of hydrogen-bond acceptors (Lipinski definition) is 4. The van der Waals surface area contributed by atoms with Crippen molar-refractivity contribution < 1.29 is 13.2 Å². The summed E-state index contributed by atoms with van der Waals surface area (Å²) in [5.74, 6) is 1.03. The smallest absolute Gasteiger partial charge is 0.179 e. The molecule has 14 heavy (non-hydrogen) atoms. The highest BCUT2D eigenvalue weighted by Gasteiger charge is 2.12. The molecule has 0 fully saturated rings. The molecule has 0 N–H and O–H groups in total. The van der Waals surface area contributed by atoms with Crippen LogP contribution in [0.1, 0.15) is 0 Å². The van der Waals surface area contributed by atoms with E-state index < -0.39 is 9.84 Å². The molecule has 0 atom stereocenters. The maximum atomic E-state index is 11.5. The van der Waals surface area contributed by atoms with Crippen LogP contribution in [0, 0.1) is 0 Å². The first kappa shape index (κ1) is 11.4. The van der Waals surface area contributed by atoms with E-state index in [0.29, 0.717) is 16.4 Å². The van der Waals surface area contributed by atoms with Crippen LogP contribution in [0.2, 0.25) is 0 Å². The van der Waals surface area contributed by atoms with Crippen molar-refractivity contribution >= 4 is 22.5 Å². The maximum absolute atomic E-state index is 11.5. The highest BCUT2D eigenvalue weighted by atomic mass is 32.2. The largest absolute Gasteiger partial charge is 0.497 e. The van der Waals surface area contributed by atoms with Crippen molar-refractivity contribution in [2.75, 3.05) is 18.6 Å². The molecule has 0 amide bonds. The van der Waals surface area contributed by atoms with Gasteiger partial charge in [-0.25, -0.2) is 8.42 Å². The number of thiol groups is 1. The molecule has 0 bridgehead atoms. The molecular weight excluding hydrogens is 220 g/mol. The minimum Gasteiger partial charge on any atom is -0.497 e. The van der Waals surface area contributed by atoms with E-state index in [4.69, 9.17) is 4.74 Å². The van der Waals surface area contributed by atoms with Crippen molar-refractivity contribution in [1.82, 2.24) is 0 Å². The lowest BCUT2D eigenvalue weighted by molar-refractivity contribution is 0.414. The number of benzene rings is 1. The average molecular weight is 232 g/mol. The summed E-state index contributed by atoms with van der Waals surface area (Å²) >= 11 is 3.90. The van der Waals surface area contributed by atoms with E-state index in [1.165, 1.54) is 19.2 Å². The first-order valence-electron chi connectivity index (χ1n) is 4.08. The van der Waals surface area contributed by atoms with Crippen molar-refractivity contribution in [3.8, 4) is 5.75 Å². The van der Waals surface area contributed by atoms with E-state index in [2.05, 4.69) is 12.6 Å². The monoisotopic (exact) mass is 232 g/mol. The van der Waals surface area contributed by atoms with E-state index in [9.17, 15) is 8.42 Å². The summed E-state index contributed by atoms with van der Waals surface area (Å²) in [6, 6.07) is 6.34. The van der Waals surface area contributed by atoms with Crippen LogP contribution >= 0.6 is 12.6 Å². The van der Waals surface area contributed by atoms with Gasteiger partial charge in [-0.15, -0.1) is 0 Å². The Morgan fingerprint density at radius 1 is 1.29 bits per heavy atom. The molecule has 0 aliphatic heterocycles. The summed E-state index contributed by atoms with van der Waals surface area (Å²) in [7, 11) is -1.63. The van der Waals surface area contributed by atoms with Crippen LogP contribution in [0.3, 0.4) is 0 Å². The third-order valence-electron chi connectivity index (χ3n) is 1.78. The van der Waals surface area contributed by atoms with Crippen molar-refractivity contribution in [3.05, 3.63) is 24.3 Å². The minimum atomic E-state index is -3.17. The topological polar surface area (TPSA) is 43.4 Å². The normalized spacial score (nSPS) is 11.3. The van der Waals surface area contributed by atoms with Crippen molar-refractivity contribution in [3.63, 3.8) is 0 Å². The van der Waals surface area contributed by atoms with Crippen molar-refractivity contribution in [2.45, 2.75) is 4.90 Å². The van der Waals surface area contributed by atoms with Gasteiger partial charge in [-0.3, -0.25) is 0 Å². The second-order valence-electron chi connectivity index (χ2n) is 2.72. The molecule has 0 aliphatic carbocycles. The summed E-state index contributed by atoms with van der Waals surface area (Å²) in [5.41, 5.74) is 0. The Morgan fingerprint density at radius 3 is 2.29 bits per heavy atom. The summed E-state index contributed by atoms with van der Waals surface area (Å²) in [5, 5.41) is 0. The third kappa shape index (κ3) is 2.65. The average Bonchev–Trinajstić information content (AvgIpc) is 2.18. The van der Waals surface area contributed by atoms with E-state index in [0.717, 1.165) is 0 Å². The summed E-state index contributed by atoms with van der Waals surface area (Å²) in [6.45, 7) is 0. The van der Waals surface area contributed by atoms with Gasteiger partial charge in [-0.05, 0) is 24.3 Å². The zero-order valence-corrected chi connectivity index (χ0v) is 9.51. The van der Waals surface area contributed by atoms with Crippen LogP contribution in [0.15, 0.2) is 29.2 Å². The first-order valence-corrected chi connectivity index (χ1v) is 6.36. The Hall–Kier alpha value is -0.680. The Balaban J connectivity index is 2.97. The van der Waals surface area contributed by atoms with E-state index >= 15 is 0 Å². The second-order valence-corrected chi connectivity index (χ2v) is 5.27. The predicted molar refractivity (Wildman–Crippen MR) is 58.9 cm³/mol. The molecule has 0 saturated heterocycles. The van der Waals surface area contributed by atoms with Gasteiger partial charge in [-0.2, -0.15) is 12.6 Å². The summed E-state index contributed by atoms with van der Waals surface area (Å²) in [4.78, 5) is 0.312. The van der Waals surface area contributed by atoms with E-state index in [1.54, 1.807) is 12.1 Å². The van der Waals surface area contributed by atoms with Crippen molar-refractivity contribution in [1.29, 1.82) is 0 Å². The van der Waals surface area contributed by atoms with Crippen LogP contribution < -0.4 is 4.74 Å². The van der Waals surface area contributed by atoms with Gasteiger partial charge in [0.15, 0.2) is 9.84 Å². The molecule has 0 aromatic heterocycles. The molecule has 0 radical (unpaired) electrons. The SMILES string of the molecule is COc1ccc(S(=O)(=O)CCS)cc1. The number of rotatable bonds is 4. The molecule has 0 heterocycles. The zero-order chi connectivity index (χ0) is 10.6. The Kier molecular flexibility index (Phi) is 3.83. The van der Waals surface area contributed by atoms with Crippen LogP contribution in [0.25, 0.3) is 0 Å². The van der Waals surface area contributed by atoms with Gasteiger partial charge in [-0.1, -0.05) is 0 Å². The number of hydrogen-bond donors (Lipinski definition) is 1. The minimum absolute atomic E-state index is 0.0580. The molecule has 0 aliphatic rings.